The Morgan fingerprint density at radius 1 is 1.29 bits per heavy atom. The summed E-state index contributed by atoms with van der Waals surface area (Å²) in [7, 11) is 1.50. The van der Waals surface area contributed by atoms with E-state index in [0.717, 1.165) is 12.0 Å². The van der Waals surface area contributed by atoms with Crippen LogP contribution < -0.4 is 16.0 Å². The molecule has 0 radical (unpaired) electrons. The van der Waals surface area contributed by atoms with Crippen LogP contribution in [0, 0.1) is 5.92 Å². The van der Waals surface area contributed by atoms with Crippen LogP contribution >= 0.6 is 23.2 Å². The van der Waals surface area contributed by atoms with Gasteiger partial charge in [0.15, 0.2) is 0 Å². The van der Waals surface area contributed by atoms with Crippen molar-refractivity contribution in [3.63, 3.8) is 0 Å². The summed E-state index contributed by atoms with van der Waals surface area (Å²) in [6.07, 6.45) is 0.991. The van der Waals surface area contributed by atoms with Crippen LogP contribution in [0.4, 0.5) is 4.79 Å². The second kappa shape index (κ2) is 7.00. The van der Waals surface area contributed by atoms with Crippen LogP contribution in [0.25, 0.3) is 0 Å². The molecular weight excluding hydrogens is 313 g/mol. The van der Waals surface area contributed by atoms with Crippen molar-refractivity contribution < 1.29 is 9.59 Å². The van der Waals surface area contributed by atoms with Crippen LogP contribution in [0.5, 0.6) is 0 Å². The zero-order valence-electron chi connectivity index (χ0n) is 11.6. The molecule has 0 spiro atoms. The summed E-state index contributed by atoms with van der Waals surface area (Å²) in [5, 5.41) is 8.91. The Morgan fingerprint density at radius 2 is 2.05 bits per heavy atom. The zero-order valence-corrected chi connectivity index (χ0v) is 13.1. The molecule has 3 amide bonds. The molecule has 0 aromatic heterocycles. The van der Waals surface area contributed by atoms with E-state index in [4.69, 9.17) is 23.2 Å². The van der Waals surface area contributed by atoms with Gasteiger partial charge in [-0.2, -0.15) is 0 Å². The van der Waals surface area contributed by atoms with Crippen molar-refractivity contribution in [1.29, 1.82) is 0 Å². The number of benzene rings is 1. The molecule has 1 fully saturated rings. The molecule has 2 rings (SSSR count). The number of hydrogen-bond acceptors (Lipinski definition) is 2. The maximum absolute atomic E-state index is 11.6. The van der Waals surface area contributed by atoms with Gasteiger partial charge in [-0.15, -0.1) is 0 Å². The van der Waals surface area contributed by atoms with Crippen LogP contribution in [-0.4, -0.2) is 32.1 Å². The lowest BCUT2D eigenvalue weighted by Crippen LogP contribution is -2.41. The molecule has 0 bridgehead atoms. The number of nitrogens with one attached hydrogen (secondary N) is 3. The van der Waals surface area contributed by atoms with Gasteiger partial charge in [-0.1, -0.05) is 29.3 Å². The second-order valence-corrected chi connectivity index (χ2v) is 5.85. The molecule has 3 N–H and O–H groups in total. The van der Waals surface area contributed by atoms with Crippen molar-refractivity contribution in [3.05, 3.63) is 33.8 Å². The smallest absolute Gasteiger partial charge is 0.314 e. The topological polar surface area (TPSA) is 70.2 Å². The molecule has 1 aliphatic rings. The summed E-state index contributed by atoms with van der Waals surface area (Å²) in [4.78, 5) is 22.5. The quantitative estimate of drug-likeness (QED) is 0.774. The van der Waals surface area contributed by atoms with E-state index < -0.39 is 0 Å². The van der Waals surface area contributed by atoms with E-state index in [0.29, 0.717) is 28.4 Å². The van der Waals surface area contributed by atoms with Crippen LogP contribution in [-0.2, 0) is 4.79 Å². The highest BCUT2D eigenvalue weighted by Crippen LogP contribution is 2.49. The zero-order chi connectivity index (χ0) is 15.4. The Balaban J connectivity index is 1.74. The van der Waals surface area contributed by atoms with Crippen molar-refractivity contribution in [1.82, 2.24) is 16.0 Å². The summed E-state index contributed by atoms with van der Waals surface area (Å²) in [6.45, 7) is 0.552. The first kappa shape index (κ1) is 15.9. The van der Waals surface area contributed by atoms with Gasteiger partial charge in [-0.05, 0) is 36.0 Å². The van der Waals surface area contributed by atoms with Crippen molar-refractivity contribution in [2.75, 3.05) is 20.1 Å². The third-order valence-electron chi connectivity index (χ3n) is 3.48. The molecule has 5 nitrogen and oxygen atoms in total. The predicted molar refractivity (Wildman–Crippen MR) is 82.8 cm³/mol. The number of amides is 3. The van der Waals surface area contributed by atoms with E-state index in [1.54, 1.807) is 6.07 Å². The minimum atomic E-state index is -0.373. The Bertz CT molecular complexity index is 551. The molecule has 21 heavy (non-hydrogen) atoms. The largest absolute Gasteiger partial charge is 0.354 e. The van der Waals surface area contributed by atoms with Crippen LogP contribution in [0.1, 0.15) is 17.9 Å². The minimum absolute atomic E-state index is 0.0290. The van der Waals surface area contributed by atoms with Gasteiger partial charge in [0.1, 0.15) is 0 Å². The first-order valence-corrected chi connectivity index (χ1v) is 7.44. The highest BCUT2D eigenvalue weighted by atomic mass is 35.5. The first-order chi connectivity index (χ1) is 10.0. The third kappa shape index (κ3) is 4.51. The molecule has 1 saturated carbocycles. The summed E-state index contributed by atoms with van der Waals surface area (Å²) < 4.78 is 0. The Morgan fingerprint density at radius 3 is 2.71 bits per heavy atom. The van der Waals surface area contributed by atoms with E-state index in [2.05, 4.69) is 16.0 Å². The van der Waals surface area contributed by atoms with Crippen molar-refractivity contribution in [3.8, 4) is 0 Å². The van der Waals surface area contributed by atoms with Gasteiger partial charge in [0.25, 0.3) is 0 Å². The van der Waals surface area contributed by atoms with Gasteiger partial charge >= 0.3 is 6.03 Å². The SMILES string of the molecule is CNC(=O)NCC(=O)NC[C@H]1C[C@H]1c1ccc(Cl)cc1Cl. The van der Waals surface area contributed by atoms with Crippen LogP contribution in [0.2, 0.25) is 10.0 Å². The predicted octanol–water partition coefficient (Wildman–Crippen LogP) is 2.14. The van der Waals surface area contributed by atoms with Gasteiger partial charge in [0.2, 0.25) is 5.91 Å². The Kier molecular flexibility index (Phi) is 5.31. The fourth-order valence-electron chi connectivity index (χ4n) is 2.21. The highest BCUT2D eigenvalue weighted by Gasteiger charge is 2.39. The van der Waals surface area contributed by atoms with E-state index in [-0.39, 0.29) is 18.5 Å². The molecule has 1 aliphatic carbocycles. The first-order valence-electron chi connectivity index (χ1n) is 6.68. The van der Waals surface area contributed by atoms with Gasteiger partial charge in [-0.3, -0.25) is 4.79 Å². The van der Waals surface area contributed by atoms with E-state index >= 15 is 0 Å². The maximum Gasteiger partial charge on any atom is 0.314 e. The molecule has 7 heteroatoms. The van der Waals surface area contributed by atoms with Crippen LogP contribution in [0.15, 0.2) is 18.2 Å². The Hall–Kier alpha value is -1.46. The minimum Gasteiger partial charge on any atom is -0.354 e. The molecule has 1 aromatic carbocycles. The van der Waals surface area contributed by atoms with Gasteiger partial charge in [0.05, 0.1) is 6.54 Å². The number of urea groups is 1. The van der Waals surface area contributed by atoms with E-state index in [1.165, 1.54) is 7.05 Å². The average molecular weight is 330 g/mol. The van der Waals surface area contributed by atoms with Crippen molar-refractivity contribution >= 4 is 35.1 Å². The molecular formula is C14H17Cl2N3O2. The number of rotatable bonds is 5. The molecule has 0 unspecified atom stereocenters. The maximum atomic E-state index is 11.6. The van der Waals surface area contributed by atoms with Crippen molar-refractivity contribution in [2.45, 2.75) is 12.3 Å². The monoisotopic (exact) mass is 329 g/mol. The molecule has 0 aliphatic heterocycles. The summed E-state index contributed by atoms with van der Waals surface area (Å²) in [5.74, 6) is 0.543. The molecule has 0 heterocycles. The van der Waals surface area contributed by atoms with E-state index in [9.17, 15) is 9.59 Å². The number of carbonyl (C=O) groups excluding carboxylic acids is 2. The molecule has 114 valence electrons. The lowest BCUT2D eigenvalue weighted by atomic mass is 10.1. The average Bonchev–Trinajstić information content (AvgIpc) is 3.21. The molecule has 2 atom stereocenters. The van der Waals surface area contributed by atoms with Crippen molar-refractivity contribution in [2.24, 2.45) is 5.92 Å². The normalized spacial score (nSPS) is 19.8. The fraction of sp³-hybridized carbons (Fsp3) is 0.429. The van der Waals surface area contributed by atoms with Gasteiger partial charge < -0.3 is 16.0 Å². The standard InChI is InChI=1S/C14H17Cl2N3O2/c1-17-14(21)19-7-13(20)18-6-8-4-11(8)10-3-2-9(15)5-12(10)16/h2-3,5,8,11H,4,6-7H2,1H3,(H,18,20)(H2,17,19,21)/t8-,11-/m1/s1. The molecule has 0 saturated heterocycles. The third-order valence-corrected chi connectivity index (χ3v) is 4.04. The summed E-state index contributed by atoms with van der Waals surface area (Å²) in [6, 6.07) is 5.12. The van der Waals surface area contributed by atoms with Gasteiger partial charge in [-0.25, -0.2) is 4.79 Å². The second-order valence-electron chi connectivity index (χ2n) is 5.00. The van der Waals surface area contributed by atoms with E-state index in [1.807, 2.05) is 12.1 Å². The number of hydrogen-bond donors (Lipinski definition) is 3. The summed E-state index contributed by atoms with van der Waals surface area (Å²) >= 11 is 12.0. The highest BCUT2D eigenvalue weighted by molar-refractivity contribution is 6.35. The lowest BCUT2D eigenvalue weighted by Gasteiger charge is -2.07. The molecule has 1 aromatic rings. The summed E-state index contributed by atoms with van der Waals surface area (Å²) in [5.41, 5.74) is 1.07. The van der Waals surface area contributed by atoms with Gasteiger partial charge in [0, 0.05) is 23.6 Å². The Labute approximate surface area is 133 Å². The van der Waals surface area contributed by atoms with Crippen LogP contribution in [0.3, 0.4) is 0 Å². The lowest BCUT2D eigenvalue weighted by molar-refractivity contribution is -0.120. The number of carbonyl (C=O) groups is 2. The number of halogens is 2. The fourth-order valence-corrected chi connectivity index (χ4v) is 2.76.